The summed E-state index contributed by atoms with van der Waals surface area (Å²) in [6.07, 6.45) is 3.43. The van der Waals surface area contributed by atoms with Gasteiger partial charge in [-0.2, -0.15) is 0 Å². The van der Waals surface area contributed by atoms with Gasteiger partial charge in [-0.15, -0.1) is 0 Å². The predicted octanol–water partition coefficient (Wildman–Crippen LogP) is 5.42. The zero-order valence-electron chi connectivity index (χ0n) is 9.05. The van der Waals surface area contributed by atoms with Crippen LogP contribution in [0, 0.1) is 0 Å². The lowest BCUT2D eigenvalue weighted by Gasteiger charge is -2.10. The van der Waals surface area contributed by atoms with Crippen molar-refractivity contribution >= 4 is 56.4 Å². The van der Waals surface area contributed by atoms with Crippen molar-refractivity contribution in [3.63, 3.8) is 0 Å². The smallest absolute Gasteiger partial charge is 0.0657 e. The lowest BCUT2D eigenvalue weighted by molar-refractivity contribution is 1.13. The molecular formula is C12H8BrCl3N2. The molecule has 6 heteroatoms. The van der Waals surface area contributed by atoms with Crippen LogP contribution in [0.4, 0.5) is 5.69 Å². The summed E-state index contributed by atoms with van der Waals surface area (Å²) < 4.78 is 0.899. The van der Waals surface area contributed by atoms with Crippen molar-refractivity contribution in [1.29, 1.82) is 0 Å². The van der Waals surface area contributed by atoms with E-state index in [1.807, 2.05) is 6.07 Å². The maximum Gasteiger partial charge on any atom is 0.0657 e. The number of pyridine rings is 1. The molecule has 1 aromatic heterocycles. The molecule has 0 bridgehead atoms. The topological polar surface area (TPSA) is 24.9 Å². The molecule has 0 amide bonds. The molecule has 0 spiro atoms. The van der Waals surface area contributed by atoms with Crippen LogP contribution in [0.3, 0.4) is 0 Å². The van der Waals surface area contributed by atoms with Gasteiger partial charge in [-0.25, -0.2) is 0 Å². The van der Waals surface area contributed by atoms with E-state index >= 15 is 0 Å². The Morgan fingerprint density at radius 1 is 1.11 bits per heavy atom. The first kappa shape index (κ1) is 13.9. The fourth-order valence-electron chi connectivity index (χ4n) is 1.43. The Kier molecular flexibility index (Phi) is 4.73. The van der Waals surface area contributed by atoms with Gasteiger partial charge >= 0.3 is 0 Å². The van der Waals surface area contributed by atoms with Gasteiger partial charge in [0.05, 0.1) is 21.9 Å². The summed E-state index contributed by atoms with van der Waals surface area (Å²) in [4.78, 5) is 4.06. The number of nitrogens with one attached hydrogen (secondary N) is 1. The number of rotatable bonds is 3. The lowest BCUT2D eigenvalue weighted by Crippen LogP contribution is -2.01. The molecular weight excluding hydrogens is 358 g/mol. The molecule has 2 nitrogen and oxygen atoms in total. The van der Waals surface area contributed by atoms with Crippen LogP contribution in [0.25, 0.3) is 0 Å². The minimum atomic E-state index is 0.472. The maximum atomic E-state index is 6.11. The van der Waals surface area contributed by atoms with Gasteiger partial charge in [0.25, 0.3) is 0 Å². The molecule has 0 saturated heterocycles. The first-order valence-corrected chi connectivity index (χ1v) is 6.97. The Morgan fingerprint density at radius 3 is 2.56 bits per heavy atom. The molecule has 1 aromatic carbocycles. The van der Waals surface area contributed by atoms with Crippen LogP contribution in [-0.4, -0.2) is 4.98 Å². The van der Waals surface area contributed by atoms with Crippen molar-refractivity contribution < 1.29 is 0 Å². The molecule has 94 valence electrons. The second-order valence-electron chi connectivity index (χ2n) is 3.57. The molecule has 2 rings (SSSR count). The summed E-state index contributed by atoms with van der Waals surface area (Å²) >= 11 is 21.5. The van der Waals surface area contributed by atoms with E-state index in [0.29, 0.717) is 21.6 Å². The highest BCUT2D eigenvalue weighted by Gasteiger charge is 2.09. The van der Waals surface area contributed by atoms with Gasteiger partial charge < -0.3 is 5.32 Å². The van der Waals surface area contributed by atoms with Crippen LogP contribution in [0.2, 0.25) is 15.1 Å². The van der Waals surface area contributed by atoms with Crippen LogP contribution >= 0.6 is 50.7 Å². The largest absolute Gasteiger partial charge is 0.380 e. The van der Waals surface area contributed by atoms with E-state index in [0.717, 1.165) is 15.7 Å². The Bertz CT molecular complexity index is 575. The number of hydrogen-bond acceptors (Lipinski definition) is 2. The van der Waals surface area contributed by atoms with Crippen LogP contribution in [0.1, 0.15) is 5.56 Å². The van der Waals surface area contributed by atoms with E-state index in [1.165, 1.54) is 0 Å². The Hall–Kier alpha value is -0.480. The van der Waals surface area contributed by atoms with Crippen molar-refractivity contribution in [1.82, 2.24) is 4.98 Å². The number of halogens is 4. The van der Waals surface area contributed by atoms with E-state index in [4.69, 9.17) is 34.8 Å². The quantitative estimate of drug-likeness (QED) is 0.734. The van der Waals surface area contributed by atoms with E-state index in [9.17, 15) is 0 Å². The van der Waals surface area contributed by atoms with Gasteiger partial charge in [0.2, 0.25) is 0 Å². The highest BCUT2D eigenvalue weighted by molar-refractivity contribution is 9.10. The Morgan fingerprint density at radius 2 is 1.83 bits per heavy atom. The molecule has 2 aromatic rings. The molecule has 0 saturated carbocycles. The molecule has 0 atom stereocenters. The van der Waals surface area contributed by atoms with Crippen molar-refractivity contribution in [2.75, 3.05) is 5.32 Å². The average Bonchev–Trinajstić information content (AvgIpc) is 2.34. The summed E-state index contributed by atoms with van der Waals surface area (Å²) in [5.41, 5.74) is 1.64. The molecule has 18 heavy (non-hydrogen) atoms. The third-order valence-electron chi connectivity index (χ3n) is 2.31. The van der Waals surface area contributed by atoms with Gasteiger partial charge in [0.15, 0.2) is 0 Å². The fraction of sp³-hybridized carbons (Fsp3) is 0.0833. The molecule has 0 aliphatic rings. The number of benzene rings is 1. The van der Waals surface area contributed by atoms with Crippen LogP contribution in [0.5, 0.6) is 0 Å². The molecule has 1 heterocycles. The Labute approximate surface area is 128 Å². The first-order valence-electron chi connectivity index (χ1n) is 5.04. The van der Waals surface area contributed by atoms with Crippen molar-refractivity contribution in [2.24, 2.45) is 0 Å². The molecule has 0 aliphatic heterocycles. The van der Waals surface area contributed by atoms with Gasteiger partial charge in [-0.1, -0.05) is 34.8 Å². The summed E-state index contributed by atoms with van der Waals surface area (Å²) in [5, 5.41) is 4.74. The second kappa shape index (κ2) is 6.11. The predicted molar refractivity (Wildman–Crippen MR) is 80.7 cm³/mol. The fourth-order valence-corrected chi connectivity index (χ4v) is 2.48. The van der Waals surface area contributed by atoms with Gasteiger partial charge in [0.1, 0.15) is 0 Å². The maximum absolute atomic E-state index is 6.11. The number of nitrogens with zero attached hydrogens (tertiary/aromatic N) is 1. The molecule has 0 unspecified atom stereocenters. The summed E-state index contributed by atoms with van der Waals surface area (Å²) in [5.74, 6) is 0. The molecule has 0 fully saturated rings. The standard InChI is InChI=1S/C12H8BrCl3N2/c13-7-3-8(5-17-4-7)18-6-9-10(14)1-2-11(15)12(9)16/h1-5,18H,6H2. The highest BCUT2D eigenvalue weighted by Crippen LogP contribution is 2.31. The molecule has 0 radical (unpaired) electrons. The van der Waals surface area contributed by atoms with E-state index < -0.39 is 0 Å². The van der Waals surface area contributed by atoms with E-state index in [2.05, 4.69) is 26.2 Å². The zero-order valence-corrected chi connectivity index (χ0v) is 12.9. The van der Waals surface area contributed by atoms with Crippen LogP contribution in [0.15, 0.2) is 35.1 Å². The minimum absolute atomic E-state index is 0.472. The number of aromatic nitrogens is 1. The lowest BCUT2D eigenvalue weighted by atomic mass is 10.2. The summed E-state index contributed by atoms with van der Waals surface area (Å²) in [6, 6.07) is 5.32. The van der Waals surface area contributed by atoms with Crippen molar-refractivity contribution in [3.05, 3.63) is 55.7 Å². The third-order valence-corrected chi connectivity index (χ3v) is 3.94. The van der Waals surface area contributed by atoms with Gasteiger partial charge in [-0.3, -0.25) is 4.98 Å². The van der Waals surface area contributed by atoms with Crippen LogP contribution < -0.4 is 5.32 Å². The van der Waals surface area contributed by atoms with Crippen molar-refractivity contribution in [3.8, 4) is 0 Å². The summed E-state index contributed by atoms with van der Waals surface area (Å²) in [7, 11) is 0. The third kappa shape index (κ3) is 3.29. The first-order chi connectivity index (χ1) is 8.58. The average molecular weight is 366 g/mol. The van der Waals surface area contributed by atoms with Crippen molar-refractivity contribution in [2.45, 2.75) is 6.54 Å². The van der Waals surface area contributed by atoms with E-state index in [-0.39, 0.29) is 0 Å². The van der Waals surface area contributed by atoms with Gasteiger partial charge in [0, 0.05) is 27.8 Å². The number of hydrogen-bond donors (Lipinski definition) is 1. The van der Waals surface area contributed by atoms with E-state index in [1.54, 1.807) is 24.5 Å². The highest BCUT2D eigenvalue weighted by atomic mass is 79.9. The summed E-state index contributed by atoms with van der Waals surface area (Å²) in [6.45, 7) is 0.483. The SMILES string of the molecule is Clc1ccc(Cl)c(CNc2cncc(Br)c2)c1Cl. The molecule has 1 N–H and O–H groups in total. The van der Waals surface area contributed by atoms with Gasteiger partial charge in [-0.05, 0) is 34.1 Å². The second-order valence-corrected chi connectivity index (χ2v) is 5.68. The minimum Gasteiger partial charge on any atom is -0.380 e. The Balaban J connectivity index is 2.18. The zero-order chi connectivity index (χ0) is 13.1. The molecule has 0 aliphatic carbocycles. The normalized spacial score (nSPS) is 10.4. The monoisotopic (exact) mass is 364 g/mol. The van der Waals surface area contributed by atoms with Crippen LogP contribution in [-0.2, 0) is 6.54 Å². The number of anilines is 1.